The summed E-state index contributed by atoms with van der Waals surface area (Å²) >= 11 is 0. The van der Waals surface area contributed by atoms with Crippen molar-refractivity contribution >= 4 is 11.9 Å². The number of carbonyl (C=O) groups excluding carboxylic acids is 1. The topological polar surface area (TPSA) is 88.3 Å². The number of amides is 1. The summed E-state index contributed by atoms with van der Waals surface area (Å²) in [6.07, 6.45) is 2.92. The van der Waals surface area contributed by atoms with Gasteiger partial charge in [-0.3, -0.25) is 9.59 Å². The Morgan fingerprint density at radius 2 is 2.04 bits per heavy atom. The van der Waals surface area contributed by atoms with Gasteiger partial charge < -0.3 is 10.0 Å². The maximum absolute atomic E-state index is 12.5. The van der Waals surface area contributed by atoms with Crippen LogP contribution >= 0.6 is 0 Å². The molecule has 1 amide bonds. The number of carboxylic acids is 1. The van der Waals surface area contributed by atoms with Crippen LogP contribution in [0.1, 0.15) is 28.9 Å². The van der Waals surface area contributed by atoms with E-state index in [-0.39, 0.29) is 18.1 Å². The van der Waals surface area contributed by atoms with Gasteiger partial charge in [-0.15, -0.1) is 5.10 Å². The minimum absolute atomic E-state index is 0.236. The second-order valence-corrected chi connectivity index (χ2v) is 5.72. The quantitative estimate of drug-likeness (QED) is 0.918. The van der Waals surface area contributed by atoms with Gasteiger partial charge in [0.1, 0.15) is 0 Å². The highest BCUT2D eigenvalue weighted by Crippen LogP contribution is 2.18. The van der Waals surface area contributed by atoms with Gasteiger partial charge in [-0.1, -0.05) is 35.5 Å². The predicted molar refractivity (Wildman–Crippen MR) is 81.8 cm³/mol. The zero-order chi connectivity index (χ0) is 16.2. The molecule has 0 spiro atoms. The number of likely N-dealkylation sites (tertiary alicyclic amines) is 1. The second kappa shape index (κ2) is 6.60. The molecule has 0 saturated carbocycles. The van der Waals surface area contributed by atoms with E-state index in [4.69, 9.17) is 5.11 Å². The molecule has 1 fully saturated rings. The van der Waals surface area contributed by atoms with Gasteiger partial charge in [-0.05, 0) is 18.4 Å². The molecule has 1 atom stereocenters. The Morgan fingerprint density at radius 1 is 1.26 bits per heavy atom. The van der Waals surface area contributed by atoms with E-state index in [0.29, 0.717) is 25.9 Å². The summed E-state index contributed by atoms with van der Waals surface area (Å²) in [4.78, 5) is 25.1. The summed E-state index contributed by atoms with van der Waals surface area (Å²) in [5.41, 5.74) is 1.33. The molecule has 1 aliphatic heterocycles. The normalized spacial score (nSPS) is 17.9. The van der Waals surface area contributed by atoms with Gasteiger partial charge in [-0.2, -0.15) is 0 Å². The summed E-state index contributed by atoms with van der Waals surface area (Å²) < 4.78 is 1.61. The van der Waals surface area contributed by atoms with Gasteiger partial charge >= 0.3 is 5.97 Å². The van der Waals surface area contributed by atoms with Gasteiger partial charge in [0.15, 0.2) is 5.69 Å². The van der Waals surface area contributed by atoms with E-state index >= 15 is 0 Å². The fraction of sp³-hybridized carbons (Fsp3) is 0.375. The van der Waals surface area contributed by atoms with E-state index < -0.39 is 11.9 Å². The van der Waals surface area contributed by atoms with Gasteiger partial charge in [0.25, 0.3) is 5.91 Å². The molecule has 1 aromatic carbocycles. The van der Waals surface area contributed by atoms with Crippen LogP contribution in [-0.4, -0.2) is 50.0 Å². The highest BCUT2D eigenvalue weighted by Gasteiger charge is 2.29. The Balaban J connectivity index is 1.67. The second-order valence-electron chi connectivity index (χ2n) is 5.72. The van der Waals surface area contributed by atoms with Crippen molar-refractivity contribution in [2.45, 2.75) is 19.4 Å². The van der Waals surface area contributed by atoms with Crippen LogP contribution < -0.4 is 0 Å². The average Bonchev–Trinajstić information content (AvgIpc) is 3.03. The molecule has 7 nitrogen and oxygen atoms in total. The number of hydrogen-bond donors (Lipinski definition) is 1. The number of piperidine rings is 1. The molecule has 1 saturated heterocycles. The zero-order valence-corrected chi connectivity index (χ0v) is 12.6. The van der Waals surface area contributed by atoms with Gasteiger partial charge in [0.05, 0.1) is 18.7 Å². The van der Waals surface area contributed by atoms with Gasteiger partial charge in [0, 0.05) is 13.1 Å². The van der Waals surface area contributed by atoms with Crippen LogP contribution in [0.3, 0.4) is 0 Å². The lowest BCUT2D eigenvalue weighted by molar-refractivity contribution is -0.143. The first-order chi connectivity index (χ1) is 11.1. The van der Waals surface area contributed by atoms with Crippen LogP contribution in [0.5, 0.6) is 0 Å². The average molecular weight is 314 g/mol. The lowest BCUT2D eigenvalue weighted by Gasteiger charge is -2.29. The summed E-state index contributed by atoms with van der Waals surface area (Å²) in [6, 6.07) is 9.78. The Labute approximate surface area is 133 Å². The highest BCUT2D eigenvalue weighted by molar-refractivity contribution is 5.92. The third kappa shape index (κ3) is 3.56. The first kappa shape index (κ1) is 15.2. The number of aromatic nitrogens is 3. The van der Waals surface area contributed by atoms with E-state index in [0.717, 1.165) is 5.56 Å². The molecule has 2 heterocycles. The number of aliphatic carboxylic acids is 1. The van der Waals surface area contributed by atoms with Crippen LogP contribution in [0.25, 0.3) is 0 Å². The number of nitrogens with zero attached hydrogens (tertiary/aromatic N) is 4. The molecule has 2 aromatic rings. The molecule has 23 heavy (non-hydrogen) atoms. The molecule has 1 N–H and O–H groups in total. The molecule has 0 radical (unpaired) electrons. The van der Waals surface area contributed by atoms with Crippen molar-refractivity contribution in [2.75, 3.05) is 13.1 Å². The summed E-state index contributed by atoms with van der Waals surface area (Å²) in [6.45, 7) is 1.34. The molecule has 1 aromatic heterocycles. The van der Waals surface area contributed by atoms with Crippen molar-refractivity contribution in [3.05, 3.63) is 47.8 Å². The maximum Gasteiger partial charge on any atom is 0.308 e. The molecule has 0 aliphatic carbocycles. The van der Waals surface area contributed by atoms with Crippen molar-refractivity contribution < 1.29 is 14.7 Å². The van der Waals surface area contributed by atoms with E-state index in [1.165, 1.54) is 0 Å². The number of carboxylic acid groups (broad SMARTS) is 1. The Morgan fingerprint density at radius 3 is 2.78 bits per heavy atom. The van der Waals surface area contributed by atoms with Crippen LogP contribution in [0, 0.1) is 5.92 Å². The first-order valence-corrected chi connectivity index (χ1v) is 7.59. The molecular weight excluding hydrogens is 296 g/mol. The van der Waals surface area contributed by atoms with Crippen LogP contribution in [0.15, 0.2) is 36.5 Å². The fourth-order valence-corrected chi connectivity index (χ4v) is 2.77. The molecule has 3 rings (SSSR count). The fourth-order valence-electron chi connectivity index (χ4n) is 2.77. The highest BCUT2D eigenvalue weighted by atomic mass is 16.4. The lowest BCUT2D eigenvalue weighted by Crippen LogP contribution is -2.42. The Hall–Kier alpha value is -2.70. The summed E-state index contributed by atoms with van der Waals surface area (Å²) in [5.74, 6) is -1.60. The first-order valence-electron chi connectivity index (χ1n) is 7.59. The van der Waals surface area contributed by atoms with Crippen molar-refractivity contribution in [2.24, 2.45) is 5.92 Å². The van der Waals surface area contributed by atoms with Gasteiger partial charge in [-0.25, -0.2) is 4.68 Å². The Bertz CT molecular complexity index is 698. The minimum Gasteiger partial charge on any atom is -0.481 e. The molecule has 7 heteroatoms. The SMILES string of the molecule is O=C(O)C1CCCN(C(=O)c2cn(Cc3ccccc3)nn2)C1. The molecule has 0 bridgehead atoms. The third-order valence-electron chi connectivity index (χ3n) is 4.00. The molecular formula is C16H18N4O3. The zero-order valence-electron chi connectivity index (χ0n) is 12.6. The molecule has 120 valence electrons. The van der Waals surface area contributed by atoms with Gasteiger partial charge in [0.2, 0.25) is 0 Å². The number of rotatable bonds is 4. The van der Waals surface area contributed by atoms with Crippen molar-refractivity contribution in [1.29, 1.82) is 0 Å². The molecule has 1 aliphatic rings. The Kier molecular flexibility index (Phi) is 4.36. The summed E-state index contributed by atoms with van der Waals surface area (Å²) in [5, 5.41) is 17.0. The number of benzene rings is 1. The van der Waals surface area contributed by atoms with E-state index in [2.05, 4.69) is 10.3 Å². The standard InChI is InChI=1S/C16H18N4O3/c21-15(19-8-4-7-13(10-19)16(22)23)14-11-20(18-17-14)9-12-5-2-1-3-6-12/h1-3,5-6,11,13H,4,7-10H2,(H,22,23). The van der Waals surface area contributed by atoms with E-state index in [1.54, 1.807) is 15.8 Å². The largest absolute Gasteiger partial charge is 0.481 e. The van der Waals surface area contributed by atoms with E-state index in [9.17, 15) is 9.59 Å². The lowest BCUT2D eigenvalue weighted by atomic mass is 9.98. The smallest absolute Gasteiger partial charge is 0.308 e. The van der Waals surface area contributed by atoms with Crippen molar-refractivity contribution in [3.63, 3.8) is 0 Å². The van der Waals surface area contributed by atoms with Crippen molar-refractivity contribution in [1.82, 2.24) is 19.9 Å². The summed E-state index contributed by atoms with van der Waals surface area (Å²) in [7, 11) is 0. The minimum atomic E-state index is -0.852. The number of hydrogen-bond acceptors (Lipinski definition) is 4. The number of carbonyl (C=O) groups is 2. The third-order valence-corrected chi connectivity index (χ3v) is 4.00. The van der Waals surface area contributed by atoms with Crippen LogP contribution in [0.4, 0.5) is 0 Å². The molecule has 1 unspecified atom stereocenters. The monoisotopic (exact) mass is 314 g/mol. The van der Waals surface area contributed by atoms with E-state index in [1.807, 2.05) is 30.3 Å². The predicted octanol–water partition coefficient (Wildman–Crippen LogP) is 1.26. The van der Waals surface area contributed by atoms with Crippen LogP contribution in [0.2, 0.25) is 0 Å². The van der Waals surface area contributed by atoms with Crippen molar-refractivity contribution in [3.8, 4) is 0 Å². The maximum atomic E-state index is 12.5. The van der Waals surface area contributed by atoms with Crippen LogP contribution in [-0.2, 0) is 11.3 Å².